The number of carbonyl (C=O) groups is 2. The summed E-state index contributed by atoms with van der Waals surface area (Å²) in [5, 5.41) is 3.09. The number of benzene rings is 3. The van der Waals surface area contributed by atoms with Crippen molar-refractivity contribution < 1.29 is 18.0 Å². The summed E-state index contributed by atoms with van der Waals surface area (Å²) in [6, 6.07) is 22.2. The Morgan fingerprint density at radius 3 is 2.18 bits per heavy atom. The first kappa shape index (κ1) is 29.1. The number of aryl methyl sites for hydroxylation is 1. The highest BCUT2D eigenvalue weighted by atomic mass is 127. The van der Waals surface area contributed by atoms with Crippen LogP contribution in [0.2, 0.25) is 0 Å². The van der Waals surface area contributed by atoms with E-state index in [4.69, 9.17) is 0 Å². The van der Waals surface area contributed by atoms with Crippen molar-refractivity contribution in [1.82, 2.24) is 10.2 Å². The zero-order valence-corrected chi connectivity index (χ0v) is 25.2. The summed E-state index contributed by atoms with van der Waals surface area (Å²) >= 11 is 2.15. The predicted molar refractivity (Wildman–Crippen MR) is 162 cm³/mol. The third-order valence-corrected chi connectivity index (χ3v) is 9.57. The highest BCUT2D eigenvalue weighted by Gasteiger charge is 2.33. The molecule has 4 rings (SSSR count). The molecular formula is C30H34IN3O4S. The van der Waals surface area contributed by atoms with Crippen molar-refractivity contribution in [3.63, 3.8) is 0 Å². The minimum absolute atomic E-state index is 0.0912. The van der Waals surface area contributed by atoms with E-state index in [0.717, 1.165) is 44.7 Å². The number of amides is 2. The maximum absolute atomic E-state index is 14.0. The van der Waals surface area contributed by atoms with E-state index < -0.39 is 28.5 Å². The van der Waals surface area contributed by atoms with Gasteiger partial charge in [-0.25, -0.2) is 8.42 Å². The summed E-state index contributed by atoms with van der Waals surface area (Å²) in [4.78, 5) is 28.8. The van der Waals surface area contributed by atoms with Crippen LogP contribution >= 0.6 is 22.6 Å². The predicted octanol–water partition coefficient (Wildman–Crippen LogP) is 5.27. The van der Waals surface area contributed by atoms with Gasteiger partial charge in [-0.3, -0.25) is 13.9 Å². The molecule has 0 saturated heterocycles. The van der Waals surface area contributed by atoms with Crippen LogP contribution in [0, 0.1) is 10.5 Å². The Morgan fingerprint density at radius 1 is 0.949 bits per heavy atom. The highest BCUT2D eigenvalue weighted by molar-refractivity contribution is 14.1. The van der Waals surface area contributed by atoms with Crippen LogP contribution in [0.25, 0.3) is 0 Å². The van der Waals surface area contributed by atoms with Gasteiger partial charge in [0.05, 0.1) is 10.6 Å². The van der Waals surface area contributed by atoms with Gasteiger partial charge in [0.1, 0.15) is 12.6 Å². The lowest BCUT2D eigenvalue weighted by atomic mass is 10.1. The monoisotopic (exact) mass is 659 g/mol. The standard InChI is InChI=1S/C30H34IN3O4S/c1-22-12-14-24(15-13-22)20-33(23(2)30(36)32-26-8-6-7-9-26)29(35)21-34(27-18-16-25(31)17-19-27)39(37,38)28-10-4-3-5-11-28/h3-5,10-19,23,26H,6-9,20-21H2,1-2H3,(H,32,36). The molecule has 3 aromatic carbocycles. The van der Waals surface area contributed by atoms with Crippen molar-refractivity contribution in [2.24, 2.45) is 0 Å². The molecule has 1 N–H and O–H groups in total. The van der Waals surface area contributed by atoms with Gasteiger partial charge in [-0.2, -0.15) is 0 Å². The third-order valence-electron chi connectivity index (χ3n) is 7.07. The van der Waals surface area contributed by atoms with E-state index in [2.05, 4.69) is 27.9 Å². The molecule has 2 amide bonds. The van der Waals surface area contributed by atoms with E-state index in [1.165, 1.54) is 17.0 Å². The normalized spacial score (nSPS) is 14.5. The average molecular weight is 660 g/mol. The van der Waals surface area contributed by atoms with Gasteiger partial charge in [0, 0.05) is 16.2 Å². The maximum atomic E-state index is 14.0. The van der Waals surface area contributed by atoms with Crippen LogP contribution < -0.4 is 9.62 Å². The summed E-state index contributed by atoms with van der Waals surface area (Å²) in [6.45, 7) is 3.43. The zero-order valence-electron chi connectivity index (χ0n) is 22.2. The van der Waals surface area contributed by atoms with E-state index in [0.29, 0.717) is 5.69 Å². The molecule has 206 valence electrons. The lowest BCUT2D eigenvalue weighted by molar-refractivity contribution is -0.139. The summed E-state index contributed by atoms with van der Waals surface area (Å²) in [7, 11) is -4.06. The number of nitrogens with one attached hydrogen (secondary N) is 1. The van der Waals surface area contributed by atoms with Gasteiger partial charge in [-0.05, 0) is 91.2 Å². The average Bonchev–Trinajstić information content (AvgIpc) is 3.45. The van der Waals surface area contributed by atoms with Crippen molar-refractivity contribution in [2.45, 2.75) is 63.1 Å². The number of hydrogen-bond donors (Lipinski definition) is 1. The molecule has 0 heterocycles. The van der Waals surface area contributed by atoms with Crippen molar-refractivity contribution in [3.05, 3.63) is 93.6 Å². The quantitative estimate of drug-likeness (QED) is 0.301. The van der Waals surface area contributed by atoms with Crippen molar-refractivity contribution in [3.8, 4) is 0 Å². The van der Waals surface area contributed by atoms with Crippen molar-refractivity contribution >= 4 is 50.1 Å². The Bertz CT molecular complexity index is 1370. The molecule has 1 aliphatic carbocycles. The highest BCUT2D eigenvalue weighted by Crippen LogP contribution is 2.25. The molecule has 1 atom stereocenters. The number of sulfonamides is 1. The number of nitrogens with zero attached hydrogens (tertiary/aromatic N) is 2. The number of halogens is 1. The summed E-state index contributed by atoms with van der Waals surface area (Å²) in [5.41, 5.74) is 2.33. The van der Waals surface area contributed by atoms with Gasteiger partial charge in [0.15, 0.2) is 0 Å². The van der Waals surface area contributed by atoms with Gasteiger partial charge in [0.2, 0.25) is 11.8 Å². The minimum Gasteiger partial charge on any atom is -0.352 e. The lowest BCUT2D eigenvalue weighted by Gasteiger charge is -2.32. The molecule has 39 heavy (non-hydrogen) atoms. The fourth-order valence-corrected chi connectivity index (χ4v) is 6.52. The second kappa shape index (κ2) is 13.0. The summed E-state index contributed by atoms with van der Waals surface area (Å²) < 4.78 is 29.6. The third kappa shape index (κ3) is 7.39. The molecule has 0 aromatic heterocycles. The first-order valence-corrected chi connectivity index (χ1v) is 15.7. The Kier molecular flexibility index (Phi) is 9.66. The first-order chi connectivity index (χ1) is 18.6. The van der Waals surface area contributed by atoms with Crippen molar-refractivity contribution in [2.75, 3.05) is 10.8 Å². The molecule has 0 aliphatic heterocycles. The Labute approximate surface area is 244 Å². The van der Waals surface area contributed by atoms with Crippen LogP contribution in [0.3, 0.4) is 0 Å². The number of anilines is 1. The molecule has 0 bridgehead atoms. The lowest BCUT2D eigenvalue weighted by Crippen LogP contribution is -2.52. The van der Waals surface area contributed by atoms with Crippen LogP contribution in [0.1, 0.15) is 43.7 Å². The number of hydrogen-bond acceptors (Lipinski definition) is 4. The fourth-order valence-electron chi connectivity index (χ4n) is 4.72. The van der Waals surface area contributed by atoms with Gasteiger partial charge >= 0.3 is 0 Å². The molecule has 1 saturated carbocycles. The largest absolute Gasteiger partial charge is 0.352 e. The van der Waals surface area contributed by atoms with Gasteiger partial charge in [-0.15, -0.1) is 0 Å². The SMILES string of the molecule is Cc1ccc(CN(C(=O)CN(c2ccc(I)cc2)S(=O)(=O)c2ccccc2)C(C)C(=O)NC2CCCC2)cc1. The van der Waals surface area contributed by atoms with Crippen LogP contribution in [-0.2, 0) is 26.2 Å². The van der Waals surface area contributed by atoms with E-state index in [1.807, 2.05) is 31.2 Å². The van der Waals surface area contributed by atoms with Crippen LogP contribution in [0.4, 0.5) is 5.69 Å². The summed E-state index contributed by atoms with van der Waals surface area (Å²) in [6.07, 6.45) is 4.02. The Morgan fingerprint density at radius 2 is 1.56 bits per heavy atom. The minimum atomic E-state index is -4.06. The number of carbonyl (C=O) groups excluding carboxylic acids is 2. The van der Waals surface area contributed by atoms with E-state index in [1.54, 1.807) is 49.4 Å². The molecular weight excluding hydrogens is 625 g/mol. The van der Waals surface area contributed by atoms with E-state index in [-0.39, 0.29) is 23.4 Å². The molecule has 0 spiro atoms. The Hall–Kier alpha value is -2.92. The topological polar surface area (TPSA) is 86.8 Å². The van der Waals surface area contributed by atoms with Crippen LogP contribution in [0.5, 0.6) is 0 Å². The van der Waals surface area contributed by atoms with E-state index in [9.17, 15) is 18.0 Å². The zero-order chi connectivity index (χ0) is 28.0. The Balaban J connectivity index is 1.66. The molecule has 1 unspecified atom stereocenters. The smallest absolute Gasteiger partial charge is 0.264 e. The maximum Gasteiger partial charge on any atom is 0.264 e. The number of rotatable bonds is 10. The first-order valence-electron chi connectivity index (χ1n) is 13.1. The second-order valence-electron chi connectivity index (χ2n) is 9.97. The van der Waals surface area contributed by atoms with Gasteiger partial charge in [-0.1, -0.05) is 60.9 Å². The van der Waals surface area contributed by atoms with Crippen LogP contribution in [0.15, 0.2) is 83.8 Å². The fraction of sp³-hybridized carbons (Fsp3) is 0.333. The molecule has 7 nitrogen and oxygen atoms in total. The molecule has 1 aliphatic rings. The second-order valence-corrected chi connectivity index (χ2v) is 13.1. The molecule has 1 fully saturated rings. The van der Waals surface area contributed by atoms with Crippen LogP contribution in [-0.4, -0.2) is 43.8 Å². The molecule has 3 aromatic rings. The van der Waals surface area contributed by atoms with Gasteiger partial charge in [0.25, 0.3) is 10.0 Å². The van der Waals surface area contributed by atoms with E-state index >= 15 is 0 Å². The summed E-state index contributed by atoms with van der Waals surface area (Å²) in [5.74, 6) is -0.684. The molecule has 0 radical (unpaired) electrons. The van der Waals surface area contributed by atoms with Gasteiger partial charge < -0.3 is 10.2 Å². The van der Waals surface area contributed by atoms with Crippen molar-refractivity contribution in [1.29, 1.82) is 0 Å². The molecule has 9 heteroatoms.